The van der Waals surface area contributed by atoms with Gasteiger partial charge >= 0.3 is 0 Å². The zero-order chi connectivity index (χ0) is 13.7. The van der Waals surface area contributed by atoms with E-state index in [0.717, 1.165) is 0 Å². The third kappa shape index (κ3) is 3.32. The summed E-state index contributed by atoms with van der Waals surface area (Å²) in [5.41, 5.74) is 2.64. The maximum Gasteiger partial charge on any atom is 0.281 e. The molecule has 0 spiro atoms. The summed E-state index contributed by atoms with van der Waals surface area (Å²) < 4.78 is 7.10. The molecule has 0 bridgehead atoms. The Hall–Kier alpha value is -2.34. The van der Waals surface area contributed by atoms with Crippen LogP contribution in [0.3, 0.4) is 0 Å². The maximum absolute atomic E-state index is 11.9. The molecule has 0 unspecified atom stereocenters. The van der Waals surface area contributed by atoms with E-state index >= 15 is 0 Å². The monoisotopic (exact) mass is 261 g/mol. The Bertz CT molecular complexity index is 552. The molecule has 0 saturated heterocycles. The summed E-state index contributed by atoms with van der Waals surface area (Å²) in [6, 6.07) is 9.15. The second kappa shape index (κ2) is 6.01. The first kappa shape index (κ1) is 13.1. The molecule has 1 aromatic heterocycles. The van der Waals surface area contributed by atoms with Crippen LogP contribution in [-0.2, 0) is 11.9 Å². The number of nitrogens with zero attached hydrogens (tertiary/aromatic N) is 2. The van der Waals surface area contributed by atoms with Gasteiger partial charge in [-0.25, -0.2) is 5.48 Å². The minimum absolute atomic E-state index is 0.242. The standard InChI is InChI=1S/C13H15N3O3/c1-3-18-15-12(17)11-9-16(2)14-13(11)19-10-7-5-4-6-8-10/h4-9H,3H2,1-2H3,(H,15,17). The number of aryl methyl sites for hydroxylation is 1. The molecule has 0 atom stereocenters. The molecule has 2 rings (SSSR count). The Morgan fingerprint density at radius 3 is 2.79 bits per heavy atom. The first-order valence-electron chi connectivity index (χ1n) is 5.89. The fraction of sp³-hybridized carbons (Fsp3) is 0.231. The van der Waals surface area contributed by atoms with Crippen molar-refractivity contribution in [3.05, 3.63) is 42.1 Å². The zero-order valence-electron chi connectivity index (χ0n) is 10.8. The molecule has 100 valence electrons. The molecule has 0 aliphatic carbocycles. The fourth-order valence-electron chi connectivity index (χ4n) is 1.49. The molecule has 2 aromatic rings. The number of amides is 1. The van der Waals surface area contributed by atoms with Crippen molar-refractivity contribution in [1.82, 2.24) is 15.3 Å². The minimum Gasteiger partial charge on any atom is -0.437 e. The van der Waals surface area contributed by atoms with Crippen LogP contribution in [0.15, 0.2) is 36.5 Å². The number of para-hydroxylation sites is 1. The molecule has 0 aliphatic heterocycles. The number of carbonyl (C=O) groups excluding carboxylic acids is 1. The quantitative estimate of drug-likeness (QED) is 0.835. The van der Waals surface area contributed by atoms with Gasteiger partial charge in [0.2, 0.25) is 0 Å². The van der Waals surface area contributed by atoms with E-state index in [1.165, 1.54) is 4.68 Å². The average molecular weight is 261 g/mol. The van der Waals surface area contributed by atoms with Crippen molar-refractivity contribution in [2.45, 2.75) is 6.92 Å². The van der Waals surface area contributed by atoms with Crippen LogP contribution in [0, 0.1) is 0 Å². The van der Waals surface area contributed by atoms with E-state index in [4.69, 9.17) is 9.57 Å². The van der Waals surface area contributed by atoms with Crippen molar-refractivity contribution in [3.63, 3.8) is 0 Å². The van der Waals surface area contributed by atoms with E-state index < -0.39 is 0 Å². The number of hydroxylamine groups is 1. The van der Waals surface area contributed by atoms with Gasteiger partial charge in [-0.2, -0.15) is 0 Å². The van der Waals surface area contributed by atoms with Gasteiger partial charge in [0.05, 0.1) is 6.61 Å². The molecular weight excluding hydrogens is 246 g/mol. The Morgan fingerprint density at radius 2 is 2.11 bits per heavy atom. The van der Waals surface area contributed by atoms with Crippen molar-refractivity contribution in [2.75, 3.05) is 6.61 Å². The van der Waals surface area contributed by atoms with Gasteiger partial charge in [0.15, 0.2) is 0 Å². The number of carbonyl (C=O) groups is 1. The molecule has 0 radical (unpaired) electrons. The highest BCUT2D eigenvalue weighted by Crippen LogP contribution is 2.23. The summed E-state index contributed by atoms with van der Waals surface area (Å²) in [6.45, 7) is 2.17. The van der Waals surface area contributed by atoms with Crippen LogP contribution in [-0.4, -0.2) is 22.3 Å². The van der Waals surface area contributed by atoms with Crippen LogP contribution in [0.5, 0.6) is 11.6 Å². The Balaban J connectivity index is 2.19. The molecule has 0 aliphatic rings. The topological polar surface area (TPSA) is 65.4 Å². The third-order valence-electron chi connectivity index (χ3n) is 2.31. The van der Waals surface area contributed by atoms with E-state index in [1.54, 1.807) is 32.3 Å². The van der Waals surface area contributed by atoms with E-state index in [9.17, 15) is 4.79 Å². The van der Waals surface area contributed by atoms with Crippen LogP contribution in [0.25, 0.3) is 0 Å². The highest BCUT2D eigenvalue weighted by Gasteiger charge is 2.17. The lowest BCUT2D eigenvalue weighted by Crippen LogP contribution is -2.23. The second-order valence-corrected chi connectivity index (χ2v) is 3.80. The molecule has 0 saturated carbocycles. The van der Waals surface area contributed by atoms with Gasteiger partial charge in [-0.3, -0.25) is 14.3 Å². The highest BCUT2D eigenvalue weighted by molar-refractivity contribution is 5.95. The van der Waals surface area contributed by atoms with Gasteiger partial charge in [0.1, 0.15) is 11.3 Å². The van der Waals surface area contributed by atoms with Gasteiger partial charge in [0.25, 0.3) is 11.8 Å². The van der Waals surface area contributed by atoms with Crippen LogP contribution < -0.4 is 10.2 Å². The summed E-state index contributed by atoms with van der Waals surface area (Å²) in [4.78, 5) is 16.7. The lowest BCUT2D eigenvalue weighted by atomic mass is 10.3. The van der Waals surface area contributed by atoms with Crippen LogP contribution in [0.2, 0.25) is 0 Å². The predicted molar refractivity (Wildman–Crippen MR) is 68.8 cm³/mol. The summed E-state index contributed by atoms with van der Waals surface area (Å²) in [7, 11) is 1.72. The number of hydrogen-bond donors (Lipinski definition) is 1. The first-order valence-corrected chi connectivity index (χ1v) is 5.89. The van der Waals surface area contributed by atoms with Crippen molar-refractivity contribution in [2.24, 2.45) is 7.05 Å². The van der Waals surface area contributed by atoms with E-state index in [1.807, 2.05) is 18.2 Å². The number of rotatable bonds is 5. The molecule has 1 amide bonds. The summed E-state index contributed by atoms with van der Waals surface area (Å²) >= 11 is 0. The van der Waals surface area contributed by atoms with Crippen LogP contribution in [0.4, 0.5) is 0 Å². The lowest BCUT2D eigenvalue weighted by molar-refractivity contribution is 0.0362. The van der Waals surface area contributed by atoms with Crippen molar-refractivity contribution < 1.29 is 14.4 Å². The molecule has 6 nitrogen and oxygen atoms in total. The lowest BCUT2D eigenvalue weighted by Gasteiger charge is -2.05. The molecule has 1 N–H and O–H groups in total. The van der Waals surface area contributed by atoms with E-state index in [0.29, 0.717) is 17.9 Å². The van der Waals surface area contributed by atoms with Crippen molar-refractivity contribution in [3.8, 4) is 11.6 Å². The Labute approximate surface area is 110 Å². The molecule has 1 heterocycles. The smallest absolute Gasteiger partial charge is 0.281 e. The Kier molecular flexibility index (Phi) is 4.15. The van der Waals surface area contributed by atoms with Gasteiger partial charge in [-0.15, -0.1) is 5.10 Å². The predicted octanol–water partition coefficient (Wildman–Crippen LogP) is 1.89. The molecule has 1 aromatic carbocycles. The number of ether oxygens (including phenoxy) is 1. The summed E-state index contributed by atoms with van der Waals surface area (Å²) in [5.74, 6) is 0.471. The molecule has 6 heteroatoms. The van der Waals surface area contributed by atoms with Crippen molar-refractivity contribution >= 4 is 5.91 Å². The third-order valence-corrected chi connectivity index (χ3v) is 2.31. The second-order valence-electron chi connectivity index (χ2n) is 3.80. The van der Waals surface area contributed by atoms with Gasteiger partial charge in [-0.1, -0.05) is 18.2 Å². The number of aromatic nitrogens is 2. The summed E-state index contributed by atoms with van der Waals surface area (Å²) in [5, 5.41) is 4.11. The minimum atomic E-state index is -0.388. The van der Waals surface area contributed by atoms with Crippen LogP contribution in [0.1, 0.15) is 17.3 Å². The molecule has 19 heavy (non-hydrogen) atoms. The summed E-state index contributed by atoms with van der Waals surface area (Å²) in [6.07, 6.45) is 1.58. The van der Waals surface area contributed by atoms with Gasteiger partial charge in [-0.05, 0) is 19.1 Å². The molecule has 0 fully saturated rings. The molecular formula is C13H15N3O3. The number of benzene rings is 1. The van der Waals surface area contributed by atoms with Crippen LogP contribution >= 0.6 is 0 Å². The van der Waals surface area contributed by atoms with E-state index in [2.05, 4.69) is 10.6 Å². The van der Waals surface area contributed by atoms with Gasteiger partial charge < -0.3 is 4.74 Å². The normalized spacial score (nSPS) is 10.2. The zero-order valence-corrected chi connectivity index (χ0v) is 10.8. The number of hydrogen-bond acceptors (Lipinski definition) is 4. The SMILES string of the molecule is CCONC(=O)c1cn(C)nc1Oc1ccccc1. The fourth-order valence-corrected chi connectivity index (χ4v) is 1.49. The Morgan fingerprint density at radius 1 is 1.37 bits per heavy atom. The van der Waals surface area contributed by atoms with Gasteiger partial charge in [0, 0.05) is 13.2 Å². The van der Waals surface area contributed by atoms with Crippen molar-refractivity contribution in [1.29, 1.82) is 0 Å². The van der Waals surface area contributed by atoms with E-state index in [-0.39, 0.29) is 11.8 Å². The number of nitrogens with one attached hydrogen (secondary N) is 1. The average Bonchev–Trinajstić information content (AvgIpc) is 2.78. The first-order chi connectivity index (χ1) is 9.20. The largest absolute Gasteiger partial charge is 0.437 e. The maximum atomic E-state index is 11.9. The highest BCUT2D eigenvalue weighted by atomic mass is 16.6.